The summed E-state index contributed by atoms with van der Waals surface area (Å²) in [5.74, 6) is 0.375. The first-order valence-corrected chi connectivity index (χ1v) is 10.4. The fourth-order valence-corrected chi connectivity index (χ4v) is 3.55. The molecule has 1 aliphatic rings. The number of carbonyl (C=O) groups is 1. The van der Waals surface area contributed by atoms with Crippen molar-refractivity contribution < 1.29 is 14.6 Å². The third kappa shape index (κ3) is 7.78. The van der Waals surface area contributed by atoms with Crippen molar-refractivity contribution in [3.8, 4) is 0 Å². The molecule has 1 amide bonds. The molecule has 1 N–H and O–H groups in total. The highest BCUT2D eigenvalue weighted by molar-refractivity contribution is 6.35. The van der Waals surface area contributed by atoms with Gasteiger partial charge in [-0.15, -0.1) is 0 Å². The second kappa shape index (κ2) is 9.21. The maximum Gasteiger partial charge on any atom is 0.410 e. The highest BCUT2D eigenvalue weighted by atomic mass is 35.5. The Balaban J connectivity index is 1.94. The molecule has 1 aromatic carbocycles. The average molecular weight is 431 g/mol. The van der Waals surface area contributed by atoms with E-state index >= 15 is 0 Å². The lowest BCUT2D eigenvalue weighted by molar-refractivity contribution is -0.00865. The molecule has 0 aromatic heterocycles. The molecular formula is C21H32Cl2N2O3. The van der Waals surface area contributed by atoms with Crippen molar-refractivity contribution in [3.63, 3.8) is 0 Å². The quantitative estimate of drug-likeness (QED) is 0.673. The van der Waals surface area contributed by atoms with Crippen molar-refractivity contribution in [1.82, 2.24) is 9.80 Å². The number of amides is 1. The predicted octanol–water partition coefficient (Wildman–Crippen LogP) is 4.82. The van der Waals surface area contributed by atoms with Gasteiger partial charge in [0, 0.05) is 48.7 Å². The number of ether oxygens (including phenoxy) is 1. The second-order valence-corrected chi connectivity index (χ2v) is 10.1. The van der Waals surface area contributed by atoms with Crippen molar-refractivity contribution in [2.75, 3.05) is 26.2 Å². The molecule has 0 bridgehead atoms. The third-order valence-electron chi connectivity index (χ3n) is 4.57. The lowest BCUT2D eigenvalue weighted by Crippen LogP contribution is -2.55. The monoisotopic (exact) mass is 430 g/mol. The van der Waals surface area contributed by atoms with Crippen LogP contribution in [-0.4, -0.2) is 58.4 Å². The highest BCUT2D eigenvalue weighted by Crippen LogP contribution is 2.25. The van der Waals surface area contributed by atoms with Gasteiger partial charge in [-0.1, -0.05) is 29.3 Å². The summed E-state index contributed by atoms with van der Waals surface area (Å²) in [6, 6.07) is 5.53. The first-order chi connectivity index (χ1) is 12.8. The smallest absolute Gasteiger partial charge is 0.410 e. The largest absolute Gasteiger partial charge is 0.444 e. The van der Waals surface area contributed by atoms with E-state index in [-0.39, 0.29) is 6.09 Å². The van der Waals surface area contributed by atoms with E-state index in [0.29, 0.717) is 42.0 Å². The lowest BCUT2D eigenvalue weighted by atomic mass is 9.98. The van der Waals surface area contributed by atoms with Crippen LogP contribution in [0.25, 0.3) is 0 Å². The summed E-state index contributed by atoms with van der Waals surface area (Å²) < 4.78 is 5.42. The number of carbonyl (C=O) groups excluding carboxylic acids is 1. The van der Waals surface area contributed by atoms with E-state index in [2.05, 4.69) is 4.90 Å². The molecule has 0 radical (unpaired) electrons. The molecule has 1 fully saturated rings. The van der Waals surface area contributed by atoms with Gasteiger partial charge in [0.25, 0.3) is 0 Å². The molecule has 5 nitrogen and oxygen atoms in total. The zero-order chi connectivity index (χ0) is 21.1. The summed E-state index contributed by atoms with van der Waals surface area (Å²) in [6.45, 7) is 12.9. The SMILES string of the molecule is CC(C)(O)CCN(Cc1ccc(Cl)cc1Cl)CC1CN(C(=O)OC(C)(C)C)C1. The summed E-state index contributed by atoms with van der Waals surface area (Å²) >= 11 is 12.3. The first kappa shape index (κ1) is 23.3. The number of benzene rings is 1. The number of likely N-dealkylation sites (tertiary alicyclic amines) is 1. The van der Waals surface area contributed by atoms with E-state index in [1.54, 1.807) is 11.0 Å². The van der Waals surface area contributed by atoms with Crippen molar-refractivity contribution in [2.24, 2.45) is 5.92 Å². The third-order valence-corrected chi connectivity index (χ3v) is 5.16. The van der Waals surface area contributed by atoms with Crippen molar-refractivity contribution in [1.29, 1.82) is 0 Å². The number of halogens is 2. The van der Waals surface area contributed by atoms with Crippen LogP contribution < -0.4 is 0 Å². The molecule has 28 heavy (non-hydrogen) atoms. The van der Waals surface area contributed by atoms with Crippen LogP contribution in [0.4, 0.5) is 4.79 Å². The minimum atomic E-state index is -0.732. The Bertz CT molecular complexity index is 677. The predicted molar refractivity (Wildman–Crippen MR) is 114 cm³/mol. The molecule has 1 aliphatic heterocycles. The van der Waals surface area contributed by atoms with Gasteiger partial charge in [-0.2, -0.15) is 0 Å². The molecular weight excluding hydrogens is 399 g/mol. The molecule has 1 aromatic rings. The van der Waals surface area contributed by atoms with Gasteiger partial charge >= 0.3 is 6.09 Å². The van der Waals surface area contributed by atoms with Gasteiger partial charge in [0.05, 0.1) is 5.60 Å². The van der Waals surface area contributed by atoms with Gasteiger partial charge in [0.1, 0.15) is 5.60 Å². The van der Waals surface area contributed by atoms with Gasteiger partial charge in [-0.3, -0.25) is 4.90 Å². The molecule has 0 unspecified atom stereocenters. The van der Waals surface area contributed by atoms with Gasteiger partial charge in [0.15, 0.2) is 0 Å². The number of nitrogens with zero attached hydrogens (tertiary/aromatic N) is 2. The summed E-state index contributed by atoms with van der Waals surface area (Å²) in [4.78, 5) is 16.1. The van der Waals surface area contributed by atoms with Crippen molar-refractivity contribution in [2.45, 2.75) is 58.8 Å². The molecule has 0 saturated carbocycles. The molecule has 158 valence electrons. The van der Waals surface area contributed by atoms with Crippen LogP contribution in [0, 0.1) is 5.92 Å². The van der Waals surface area contributed by atoms with E-state index < -0.39 is 11.2 Å². The maximum absolute atomic E-state index is 12.1. The van der Waals surface area contributed by atoms with E-state index in [9.17, 15) is 9.90 Å². The van der Waals surface area contributed by atoms with Crippen LogP contribution in [-0.2, 0) is 11.3 Å². The molecule has 2 rings (SSSR count). The van der Waals surface area contributed by atoms with Gasteiger partial charge in [-0.25, -0.2) is 4.79 Å². The van der Waals surface area contributed by atoms with Crippen LogP contribution >= 0.6 is 23.2 Å². The zero-order valence-corrected chi connectivity index (χ0v) is 19.0. The summed E-state index contributed by atoms with van der Waals surface area (Å²) in [5, 5.41) is 11.4. The van der Waals surface area contributed by atoms with Crippen LogP contribution in [0.2, 0.25) is 10.0 Å². The zero-order valence-electron chi connectivity index (χ0n) is 17.5. The lowest BCUT2D eigenvalue weighted by Gasteiger charge is -2.42. The number of hydrogen-bond acceptors (Lipinski definition) is 4. The number of rotatable bonds is 7. The van der Waals surface area contributed by atoms with Gasteiger partial charge < -0.3 is 14.7 Å². The van der Waals surface area contributed by atoms with Gasteiger partial charge in [0.2, 0.25) is 0 Å². The minimum absolute atomic E-state index is 0.257. The van der Waals surface area contributed by atoms with E-state index in [0.717, 1.165) is 18.7 Å². The average Bonchev–Trinajstić information content (AvgIpc) is 2.47. The summed E-state index contributed by atoms with van der Waals surface area (Å²) in [6.07, 6.45) is 0.397. The Morgan fingerprint density at radius 2 is 1.89 bits per heavy atom. The van der Waals surface area contributed by atoms with E-state index in [4.69, 9.17) is 27.9 Å². The van der Waals surface area contributed by atoms with Crippen LogP contribution in [0.15, 0.2) is 18.2 Å². The van der Waals surface area contributed by atoms with Crippen LogP contribution in [0.1, 0.15) is 46.6 Å². The molecule has 1 heterocycles. The van der Waals surface area contributed by atoms with Crippen molar-refractivity contribution >= 4 is 29.3 Å². The summed E-state index contributed by atoms with van der Waals surface area (Å²) in [7, 11) is 0. The van der Waals surface area contributed by atoms with Gasteiger partial charge in [-0.05, 0) is 58.7 Å². The van der Waals surface area contributed by atoms with Crippen LogP contribution in [0.5, 0.6) is 0 Å². The Labute approximate surface area is 178 Å². The first-order valence-electron chi connectivity index (χ1n) is 9.69. The molecule has 0 spiro atoms. The Hall–Kier alpha value is -1.01. The highest BCUT2D eigenvalue weighted by Gasteiger charge is 2.34. The molecule has 7 heteroatoms. The standard InChI is InChI=1S/C21H32Cl2N2O3/c1-20(2,3)28-19(26)25-12-15(13-25)11-24(9-8-21(4,5)27)14-16-6-7-17(22)10-18(16)23/h6-7,10,15,27H,8-9,11-14H2,1-5H3. The Morgan fingerprint density at radius 3 is 2.43 bits per heavy atom. The Morgan fingerprint density at radius 1 is 1.25 bits per heavy atom. The topological polar surface area (TPSA) is 53.0 Å². The number of hydrogen-bond donors (Lipinski definition) is 1. The fourth-order valence-electron chi connectivity index (χ4n) is 3.08. The van der Waals surface area contributed by atoms with Crippen LogP contribution in [0.3, 0.4) is 0 Å². The minimum Gasteiger partial charge on any atom is -0.444 e. The second-order valence-electron chi connectivity index (χ2n) is 9.28. The van der Waals surface area contributed by atoms with E-state index in [1.807, 2.05) is 46.8 Å². The maximum atomic E-state index is 12.1. The molecule has 0 atom stereocenters. The van der Waals surface area contributed by atoms with Crippen molar-refractivity contribution in [3.05, 3.63) is 33.8 Å². The fraction of sp³-hybridized carbons (Fsp3) is 0.667. The molecule has 1 saturated heterocycles. The number of aliphatic hydroxyl groups is 1. The summed E-state index contributed by atoms with van der Waals surface area (Å²) in [5.41, 5.74) is -0.207. The normalized spacial score (nSPS) is 15.7. The van der Waals surface area contributed by atoms with E-state index in [1.165, 1.54) is 0 Å². The Kier molecular flexibility index (Phi) is 7.65. The molecule has 0 aliphatic carbocycles.